The van der Waals surface area contributed by atoms with Crippen molar-refractivity contribution in [2.45, 2.75) is 13.0 Å². The summed E-state index contributed by atoms with van der Waals surface area (Å²) in [4.78, 5) is 16.0. The van der Waals surface area contributed by atoms with Crippen LogP contribution in [-0.2, 0) is 17.7 Å². The molecule has 1 N–H and O–H groups in total. The van der Waals surface area contributed by atoms with Crippen LogP contribution < -0.4 is 5.32 Å². The van der Waals surface area contributed by atoms with E-state index >= 15 is 0 Å². The molecular weight excluding hydrogens is 254 g/mol. The molecule has 1 aliphatic heterocycles. The molecule has 5 heteroatoms. The van der Waals surface area contributed by atoms with Gasteiger partial charge < -0.3 is 14.6 Å². The zero-order valence-corrected chi connectivity index (χ0v) is 11.4. The molecule has 0 saturated heterocycles. The number of ether oxygens (including phenoxy) is 1. The minimum absolute atomic E-state index is 0.0118. The Bertz CT molecular complexity index is 620. The molecule has 20 heavy (non-hydrogen) atoms. The van der Waals surface area contributed by atoms with Crippen molar-refractivity contribution in [1.82, 2.24) is 14.9 Å². The Hall–Kier alpha value is -2.14. The Balaban J connectivity index is 2.10. The number of hydrogen-bond acceptors (Lipinski definition) is 3. The Morgan fingerprint density at radius 2 is 2.20 bits per heavy atom. The predicted molar refractivity (Wildman–Crippen MR) is 75.6 cm³/mol. The normalized spacial score (nSPS) is 13.9. The highest BCUT2D eigenvalue weighted by atomic mass is 16.5. The van der Waals surface area contributed by atoms with Gasteiger partial charge in [0, 0.05) is 56.0 Å². The van der Waals surface area contributed by atoms with Crippen molar-refractivity contribution in [2.24, 2.45) is 0 Å². The molecule has 0 aromatic carbocycles. The number of aromatic nitrogens is 2. The van der Waals surface area contributed by atoms with Crippen molar-refractivity contribution in [3.8, 4) is 11.3 Å². The molecule has 2 aromatic heterocycles. The van der Waals surface area contributed by atoms with Gasteiger partial charge in [-0.15, -0.1) is 0 Å². The van der Waals surface area contributed by atoms with Gasteiger partial charge in [-0.3, -0.25) is 9.78 Å². The summed E-state index contributed by atoms with van der Waals surface area (Å²) in [5, 5.41) is 2.89. The molecule has 1 amide bonds. The van der Waals surface area contributed by atoms with Crippen LogP contribution in [0.3, 0.4) is 0 Å². The Morgan fingerprint density at radius 1 is 1.40 bits per heavy atom. The molecule has 0 atom stereocenters. The van der Waals surface area contributed by atoms with Crippen molar-refractivity contribution < 1.29 is 9.53 Å². The third-order valence-corrected chi connectivity index (χ3v) is 3.60. The lowest BCUT2D eigenvalue weighted by atomic mass is 10.1. The molecule has 0 aliphatic carbocycles. The van der Waals surface area contributed by atoms with E-state index in [0.717, 1.165) is 35.5 Å². The molecular formula is C15H17N3O2. The lowest BCUT2D eigenvalue weighted by Crippen LogP contribution is -2.32. The van der Waals surface area contributed by atoms with Gasteiger partial charge in [-0.2, -0.15) is 0 Å². The van der Waals surface area contributed by atoms with Gasteiger partial charge in [-0.05, 0) is 18.2 Å². The van der Waals surface area contributed by atoms with Crippen LogP contribution in [0.4, 0.5) is 0 Å². The van der Waals surface area contributed by atoms with Gasteiger partial charge in [0.25, 0.3) is 5.91 Å². The number of amides is 1. The average molecular weight is 271 g/mol. The van der Waals surface area contributed by atoms with Crippen LogP contribution in [0.15, 0.2) is 30.6 Å². The molecule has 0 fully saturated rings. The van der Waals surface area contributed by atoms with Crippen LogP contribution in [0.5, 0.6) is 0 Å². The molecule has 0 saturated carbocycles. The smallest absolute Gasteiger partial charge is 0.253 e. The second-order valence-electron chi connectivity index (χ2n) is 4.78. The first-order valence-electron chi connectivity index (χ1n) is 6.71. The second-order valence-corrected chi connectivity index (χ2v) is 4.78. The number of rotatable bonds is 4. The Kier molecular flexibility index (Phi) is 3.52. The summed E-state index contributed by atoms with van der Waals surface area (Å²) in [6, 6.07) is 5.89. The van der Waals surface area contributed by atoms with Crippen LogP contribution in [0, 0.1) is 0 Å². The number of fused-ring (bicyclic) bond motifs is 1. The fourth-order valence-corrected chi connectivity index (χ4v) is 2.64. The van der Waals surface area contributed by atoms with Crippen LogP contribution in [0.1, 0.15) is 16.1 Å². The van der Waals surface area contributed by atoms with E-state index in [4.69, 9.17) is 4.74 Å². The van der Waals surface area contributed by atoms with Gasteiger partial charge in [0.15, 0.2) is 0 Å². The van der Waals surface area contributed by atoms with Crippen molar-refractivity contribution in [3.63, 3.8) is 0 Å². The number of hydrogen-bond donors (Lipinski definition) is 1. The standard InChI is InChI=1S/C15H17N3O2/c1-20-9-8-18-13-4-7-17-15(19)12(13)10-14(18)11-2-5-16-6-3-11/h2-3,5-6,10H,4,7-9H2,1H3,(H,17,19). The molecule has 0 unspecified atom stereocenters. The highest BCUT2D eigenvalue weighted by Crippen LogP contribution is 2.27. The van der Waals surface area contributed by atoms with E-state index in [2.05, 4.69) is 14.9 Å². The lowest BCUT2D eigenvalue weighted by molar-refractivity contribution is 0.0944. The highest BCUT2D eigenvalue weighted by Gasteiger charge is 2.23. The zero-order valence-electron chi connectivity index (χ0n) is 11.4. The summed E-state index contributed by atoms with van der Waals surface area (Å²) in [5.74, 6) is 0.0118. The Labute approximate surface area is 117 Å². The second kappa shape index (κ2) is 5.46. The van der Waals surface area contributed by atoms with Gasteiger partial charge in [-0.25, -0.2) is 0 Å². The maximum absolute atomic E-state index is 12.0. The minimum atomic E-state index is 0.0118. The summed E-state index contributed by atoms with van der Waals surface area (Å²) < 4.78 is 7.38. The van der Waals surface area contributed by atoms with Crippen molar-refractivity contribution in [2.75, 3.05) is 20.3 Å². The van der Waals surface area contributed by atoms with Crippen LogP contribution in [0.2, 0.25) is 0 Å². The topological polar surface area (TPSA) is 56.1 Å². The molecule has 2 aromatic rings. The van der Waals surface area contributed by atoms with Gasteiger partial charge in [0.2, 0.25) is 0 Å². The van der Waals surface area contributed by atoms with E-state index in [1.165, 1.54) is 0 Å². The number of nitrogens with one attached hydrogen (secondary N) is 1. The van der Waals surface area contributed by atoms with E-state index in [9.17, 15) is 4.79 Å². The molecule has 1 aliphatic rings. The lowest BCUT2D eigenvalue weighted by Gasteiger charge is -2.17. The number of nitrogens with zero attached hydrogens (tertiary/aromatic N) is 2. The van der Waals surface area contributed by atoms with Crippen LogP contribution >= 0.6 is 0 Å². The molecule has 5 nitrogen and oxygen atoms in total. The summed E-state index contributed by atoms with van der Waals surface area (Å²) in [6.45, 7) is 2.07. The van der Waals surface area contributed by atoms with Crippen LogP contribution in [0.25, 0.3) is 11.3 Å². The highest BCUT2D eigenvalue weighted by molar-refractivity contribution is 5.98. The molecule has 3 heterocycles. The zero-order chi connectivity index (χ0) is 13.9. The quantitative estimate of drug-likeness (QED) is 0.916. The first-order valence-corrected chi connectivity index (χ1v) is 6.71. The number of pyridine rings is 1. The molecule has 0 radical (unpaired) electrons. The van der Waals surface area contributed by atoms with E-state index in [1.807, 2.05) is 18.2 Å². The third kappa shape index (κ3) is 2.20. The van der Waals surface area contributed by atoms with Crippen molar-refractivity contribution >= 4 is 5.91 Å². The maximum Gasteiger partial charge on any atom is 0.253 e. The van der Waals surface area contributed by atoms with Crippen molar-refractivity contribution in [1.29, 1.82) is 0 Å². The summed E-state index contributed by atoms with van der Waals surface area (Å²) in [7, 11) is 1.69. The maximum atomic E-state index is 12.0. The van der Waals surface area contributed by atoms with Gasteiger partial charge >= 0.3 is 0 Å². The molecule has 0 spiro atoms. The number of methoxy groups -OCH3 is 1. The molecule has 0 bridgehead atoms. The first-order chi connectivity index (χ1) is 9.81. The van der Waals surface area contributed by atoms with E-state index < -0.39 is 0 Å². The molecule has 3 rings (SSSR count). The SMILES string of the molecule is COCCn1c(-c2ccncc2)cc2c1CCNC2=O. The monoisotopic (exact) mass is 271 g/mol. The molecule has 104 valence electrons. The van der Waals surface area contributed by atoms with Gasteiger partial charge in [-0.1, -0.05) is 0 Å². The summed E-state index contributed by atoms with van der Waals surface area (Å²) >= 11 is 0. The predicted octanol–water partition coefficient (Wildman–Crippen LogP) is 1.48. The fourth-order valence-electron chi connectivity index (χ4n) is 2.64. The minimum Gasteiger partial charge on any atom is -0.383 e. The first kappa shape index (κ1) is 12.9. The van der Waals surface area contributed by atoms with E-state index in [-0.39, 0.29) is 5.91 Å². The third-order valence-electron chi connectivity index (χ3n) is 3.60. The van der Waals surface area contributed by atoms with Gasteiger partial charge in [0.05, 0.1) is 12.2 Å². The van der Waals surface area contributed by atoms with E-state index in [0.29, 0.717) is 13.2 Å². The van der Waals surface area contributed by atoms with Gasteiger partial charge in [0.1, 0.15) is 0 Å². The van der Waals surface area contributed by atoms with Crippen LogP contribution in [-0.4, -0.2) is 35.7 Å². The largest absolute Gasteiger partial charge is 0.383 e. The summed E-state index contributed by atoms with van der Waals surface area (Å²) in [5.41, 5.74) is 3.99. The number of carbonyl (C=O) groups excluding carboxylic acids is 1. The Morgan fingerprint density at radius 3 is 2.95 bits per heavy atom. The van der Waals surface area contributed by atoms with E-state index in [1.54, 1.807) is 19.5 Å². The fraction of sp³-hybridized carbons (Fsp3) is 0.333. The summed E-state index contributed by atoms with van der Waals surface area (Å²) in [6.07, 6.45) is 4.39. The number of carbonyl (C=O) groups is 1. The average Bonchev–Trinajstić information content (AvgIpc) is 2.86. The van der Waals surface area contributed by atoms with Crippen molar-refractivity contribution in [3.05, 3.63) is 41.9 Å².